The van der Waals surface area contributed by atoms with E-state index >= 15 is 0 Å². The highest BCUT2D eigenvalue weighted by Crippen LogP contribution is 2.15. The molecular weight excluding hydrogens is 364 g/mol. The Bertz CT molecular complexity index is 1100. The quantitative estimate of drug-likeness (QED) is 0.647. The van der Waals surface area contributed by atoms with Crippen molar-refractivity contribution in [2.24, 2.45) is 0 Å². The molecule has 1 amide bonds. The molecule has 28 heavy (non-hydrogen) atoms. The molecule has 0 aliphatic carbocycles. The summed E-state index contributed by atoms with van der Waals surface area (Å²) in [5.41, 5.74) is 0.806. The normalized spacial score (nSPS) is 10.8. The number of hydrogen-bond acceptors (Lipinski definition) is 7. The first-order chi connectivity index (χ1) is 13.4. The van der Waals surface area contributed by atoms with Crippen LogP contribution in [0.15, 0.2) is 33.6 Å². The van der Waals surface area contributed by atoms with Gasteiger partial charge in [-0.15, -0.1) is 0 Å². The number of amides is 1. The third kappa shape index (κ3) is 3.78. The van der Waals surface area contributed by atoms with Crippen LogP contribution in [-0.2, 0) is 22.5 Å². The molecule has 0 spiro atoms. The summed E-state index contributed by atoms with van der Waals surface area (Å²) in [5, 5.41) is 6.25. The zero-order valence-electron chi connectivity index (χ0n) is 15.8. The van der Waals surface area contributed by atoms with Gasteiger partial charge in [-0.05, 0) is 38.0 Å². The molecule has 1 N–H and O–H groups in total. The molecule has 2 aromatic heterocycles. The molecule has 0 radical (unpaired) electrons. The Labute approximate surface area is 160 Å². The maximum atomic E-state index is 12.9. The Morgan fingerprint density at radius 3 is 2.79 bits per heavy atom. The molecule has 9 heteroatoms. The number of anilines is 1. The van der Waals surface area contributed by atoms with Crippen LogP contribution in [0.5, 0.6) is 0 Å². The van der Waals surface area contributed by atoms with Gasteiger partial charge < -0.3 is 14.6 Å². The Morgan fingerprint density at radius 1 is 1.29 bits per heavy atom. The zero-order valence-corrected chi connectivity index (χ0v) is 15.8. The van der Waals surface area contributed by atoms with Crippen LogP contribution in [0.25, 0.3) is 11.1 Å². The highest BCUT2D eigenvalue weighted by atomic mass is 16.5. The topological polar surface area (TPSA) is 116 Å². The number of carbonyl (C=O) groups is 2. The first kappa shape index (κ1) is 19.3. The second-order valence-corrected chi connectivity index (χ2v) is 6.08. The number of carbonyl (C=O) groups excluding carboxylic acids is 2. The van der Waals surface area contributed by atoms with Crippen LogP contribution in [0, 0.1) is 6.92 Å². The number of nitrogens with one attached hydrogen (secondary N) is 1. The predicted octanol–water partition coefficient (Wildman–Crippen LogP) is 2.07. The number of aromatic nitrogens is 3. The van der Waals surface area contributed by atoms with Gasteiger partial charge in [0.05, 0.1) is 6.61 Å². The van der Waals surface area contributed by atoms with Gasteiger partial charge >= 0.3 is 5.97 Å². The lowest BCUT2D eigenvalue weighted by molar-refractivity contribution is -0.116. The highest BCUT2D eigenvalue weighted by Gasteiger charge is 2.24. The van der Waals surface area contributed by atoms with Crippen molar-refractivity contribution in [2.75, 3.05) is 11.9 Å². The monoisotopic (exact) mass is 384 g/mol. The molecule has 1 aromatic carbocycles. The summed E-state index contributed by atoms with van der Waals surface area (Å²) in [5.74, 6) is -0.911. The van der Waals surface area contributed by atoms with Gasteiger partial charge in [0.2, 0.25) is 11.6 Å². The zero-order chi connectivity index (χ0) is 20.3. The van der Waals surface area contributed by atoms with E-state index in [4.69, 9.17) is 9.26 Å². The van der Waals surface area contributed by atoms with Crippen LogP contribution >= 0.6 is 0 Å². The molecule has 0 fully saturated rings. The summed E-state index contributed by atoms with van der Waals surface area (Å²) in [6, 6.07) is 7.45. The van der Waals surface area contributed by atoms with Crippen LogP contribution in [-0.4, -0.2) is 33.2 Å². The Hall–Kier alpha value is -3.49. The van der Waals surface area contributed by atoms with Gasteiger partial charge in [-0.25, -0.2) is 4.79 Å². The summed E-state index contributed by atoms with van der Waals surface area (Å²) >= 11 is 0. The molecule has 0 aliphatic rings. The maximum absolute atomic E-state index is 12.9. The smallest absolute Gasteiger partial charge is 0.361 e. The molecule has 146 valence electrons. The van der Waals surface area contributed by atoms with Crippen molar-refractivity contribution in [3.63, 3.8) is 0 Å². The molecule has 0 saturated heterocycles. The van der Waals surface area contributed by atoms with Crippen molar-refractivity contribution >= 4 is 28.7 Å². The molecule has 0 saturated carbocycles. The van der Waals surface area contributed by atoms with Crippen molar-refractivity contribution in [1.82, 2.24) is 14.7 Å². The molecule has 0 aliphatic heterocycles. The molecule has 0 unspecified atom stereocenters. The number of esters is 1. The number of ether oxygens (including phenoxy) is 1. The lowest BCUT2D eigenvalue weighted by Crippen LogP contribution is -2.30. The Balaban J connectivity index is 1.91. The van der Waals surface area contributed by atoms with Gasteiger partial charge in [-0.1, -0.05) is 24.2 Å². The first-order valence-electron chi connectivity index (χ1n) is 8.87. The van der Waals surface area contributed by atoms with Gasteiger partial charge in [0.15, 0.2) is 0 Å². The second-order valence-electron chi connectivity index (χ2n) is 6.08. The number of nitrogens with zero attached hydrogens (tertiary/aromatic N) is 3. The third-order valence-electron chi connectivity index (χ3n) is 4.18. The van der Waals surface area contributed by atoms with Gasteiger partial charge in [0, 0.05) is 5.69 Å². The fraction of sp³-hybridized carbons (Fsp3) is 0.316. The minimum Gasteiger partial charge on any atom is -0.461 e. The largest absolute Gasteiger partial charge is 0.461 e. The van der Waals surface area contributed by atoms with Crippen molar-refractivity contribution in [3.8, 4) is 0 Å². The second kappa shape index (κ2) is 8.03. The molecule has 2 heterocycles. The van der Waals surface area contributed by atoms with Crippen LogP contribution in [0.3, 0.4) is 0 Å². The van der Waals surface area contributed by atoms with Crippen molar-refractivity contribution in [3.05, 3.63) is 51.7 Å². The predicted molar refractivity (Wildman–Crippen MR) is 101 cm³/mol. The summed E-state index contributed by atoms with van der Waals surface area (Å²) in [7, 11) is 0. The highest BCUT2D eigenvalue weighted by molar-refractivity contribution is 6.00. The van der Waals surface area contributed by atoms with E-state index in [1.54, 1.807) is 19.9 Å². The molecule has 3 aromatic rings. The van der Waals surface area contributed by atoms with E-state index in [1.807, 2.05) is 25.1 Å². The van der Waals surface area contributed by atoms with Crippen molar-refractivity contribution < 1.29 is 18.8 Å². The average molecular weight is 384 g/mol. The SMILES string of the molecule is CCOC(=O)c1noc2nc(C)n(CC(=O)Nc3cccc(CC)c3)c(=O)c12. The van der Waals surface area contributed by atoms with Crippen molar-refractivity contribution in [1.29, 1.82) is 0 Å². The third-order valence-corrected chi connectivity index (χ3v) is 4.18. The summed E-state index contributed by atoms with van der Waals surface area (Å²) in [4.78, 5) is 41.4. The van der Waals surface area contributed by atoms with Crippen molar-refractivity contribution in [2.45, 2.75) is 33.7 Å². The van der Waals surface area contributed by atoms with Crippen LogP contribution in [0.4, 0.5) is 5.69 Å². The molecule has 0 bridgehead atoms. The Morgan fingerprint density at radius 2 is 2.07 bits per heavy atom. The molecule has 0 atom stereocenters. The minimum atomic E-state index is -0.781. The number of fused-ring (bicyclic) bond motifs is 1. The van der Waals surface area contributed by atoms with Crippen LogP contribution in [0.1, 0.15) is 35.7 Å². The number of rotatable bonds is 6. The van der Waals surface area contributed by atoms with Gasteiger partial charge in [0.25, 0.3) is 11.3 Å². The summed E-state index contributed by atoms with van der Waals surface area (Å²) in [6.45, 7) is 5.08. The fourth-order valence-corrected chi connectivity index (χ4v) is 2.78. The summed E-state index contributed by atoms with van der Waals surface area (Å²) < 4.78 is 11.0. The van der Waals surface area contributed by atoms with Gasteiger partial charge in [-0.2, -0.15) is 4.98 Å². The Kier molecular flexibility index (Phi) is 5.53. The van der Waals surface area contributed by atoms with Crippen LogP contribution in [0.2, 0.25) is 0 Å². The summed E-state index contributed by atoms with van der Waals surface area (Å²) in [6.07, 6.45) is 0.840. The minimum absolute atomic E-state index is 0.0714. The fourth-order valence-electron chi connectivity index (χ4n) is 2.78. The van der Waals surface area contributed by atoms with E-state index in [1.165, 1.54) is 4.57 Å². The lowest BCUT2D eigenvalue weighted by atomic mass is 10.1. The van der Waals surface area contributed by atoms with E-state index in [9.17, 15) is 14.4 Å². The standard InChI is InChI=1S/C19H20N4O5/c1-4-12-7-6-8-13(9-12)21-14(24)10-23-11(3)20-17-15(18(23)25)16(22-28-17)19(26)27-5-2/h6-9H,4-5,10H2,1-3H3,(H,21,24). The first-order valence-corrected chi connectivity index (χ1v) is 8.87. The van der Waals surface area contributed by atoms with E-state index in [2.05, 4.69) is 15.5 Å². The number of benzene rings is 1. The van der Waals surface area contributed by atoms with E-state index in [-0.39, 0.29) is 35.8 Å². The molecule has 3 rings (SSSR count). The molecular formula is C19H20N4O5. The van der Waals surface area contributed by atoms with Gasteiger partial charge in [0.1, 0.15) is 17.8 Å². The molecule has 9 nitrogen and oxygen atoms in total. The van der Waals surface area contributed by atoms with E-state index < -0.39 is 17.4 Å². The number of aryl methyl sites for hydroxylation is 2. The average Bonchev–Trinajstić information content (AvgIpc) is 3.09. The van der Waals surface area contributed by atoms with Crippen LogP contribution < -0.4 is 10.9 Å². The number of hydrogen-bond donors (Lipinski definition) is 1. The van der Waals surface area contributed by atoms with E-state index in [0.29, 0.717) is 5.69 Å². The lowest BCUT2D eigenvalue weighted by Gasteiger charge is -2.10. The van der Waals surface area contributed by atoms with E-state index in [0.717, 1.165) is 12.0 Å². The maximum Gasteiger partial charge on any atom is 0.361 e. The van der Waals surface area contributed by atoms with Gasteiger partial charge in [-0.3, -0.25) is 14.2 Å².